The van der Waals surface area contributed by atoms with Gasteiger partial charge in [0.05, 0.1) is 27.5 Å². The van der Waals surface area contributed by atoms with Crippen LogP contribution in [-0.2, 0) is 6.18 Å². The first-order chi connectivity index (χ1) is 11.9. The van der Waals surface area contributed by atoms with Gasteiger partial charge in [0, 0.05) is 22.7 Å². The van der Waals surface area contributed by atoms with Crippen LogP contribution >= 0.6 is 23.2 Å². The zero-order chi connectivity index (χ0) is 17.8. The van der Waals surface area contributed by atoms with Gasteiger partial charge < -0.3 is 4.98 Å². The number of benzene rings is 1. The Hall–Kier alpha value is -2.52. The van der Waals surface area contributed by atoms with Crippen molar-refractivity contribution >= 4 is 34.1 Å². The van der Waals surface area contributed by atoms with Crippen LogP contribution in [0.2, 0.25) is 10.0 Å². The molecule has 1 aromatic carbocycles. The Balaban J connectivity index is 2.02. The molecule has 4 rings (SSSR count). The van der Waals surface area contributed by atoms with Crippen molar-refractivity contribution in [3.8, 4) is 22.6 Å². The third kappa shape index (κ3) is 2.56. The van der Waals surface area contributed by atoms with Crippen LogP contribution in [0.5, 0.6) is 0 Å². The molecule has 3 aromatic heterocycles. The van der Waals surface area contributed by atoms with Gasteiger partial charge in [-0.1, -0.05) is 29.3 Å². The number of aromatic nitrogens is 6. The largest absolute Gasteiger partial charge is 0.453 e. The molecule has 0 spiro atoms. The number of nitrogens with one attached hydrogen (secondary N) is 3. The lowest BCUT2D eigenvalue weighted by Crippen LogP contribution is -2.07. The Labute approximate surface area is 147 Å². The summed E-state index contributed by atoms with van der Waals surface area (Å²) in [4.78, 5) is 6.52. The summed E-state index contributed by atoms with van der Waals surface area (Å²) in [6.45, 7) is 0. The molecule has 128 valence electrons. The van der Waals surface area contributed by atoms with Gasteiger partial charge in [0.2, 0.25) is 0 Å². The van der Waals surface area contributed by atoms with Crippen molar-refractivity contribution in [2.75, 3.05) is 0 Å². The Morgan fingerprint density at radius 3 is 2.56 bits per heavy atom. The lowest BCUT2D eigenvalue weighted by Gasteiger charge is -2.00. The molecule has 0 aliphatic rings. The minimum absolute atomic E-state index is 0.0769. The van der Waals surface area contributed by atoms with E-state index in [1.807, 2.05) is 0 Å². The van der Waals surface area contributed by atoms with Gasteiger partial charge >= 0.3 is 6.18 Å². The summed E-state index contributed by atoms with van der Waals surface area (Å²) >= 11 is 12.3. The zero-order valence-corrected chi connectivity index (χ0v) is 13.6. The second kappa shape index (κ2) is 5.50. The number of aromatic amines is 3. The summed E-state index contributed by atoms with van der Waals surface area (Å²) in [7, 11) is 0. The quantitative estimate of drug-likeness (QED) is 0.467. The number of hydrogen-bond donors (Lipinski definition) is 3. The summed E-state index contributed by atoms with van der Waals surface area (Å²) in [5, 5.41) is 13.3. The third-order valence-electron chi connectivity index (χ3n) is 3.63. The second-order valence-corrected chi connectivity index (χ2v) is 5.94. The molecule has 0 amide bonds. The fraction of sp³-hybridized carbons (Fsp3) is 0.0714. The van der Waals surface area contributed by atoms with Gasteiger partial charge in [-0.15, -0.1) is 5.10 Å². The number of hydrogen-bond acceptors (Lipinski definition) is 3. The van der Waals surface area contributed by atoms with Crippen molar-refractivity contribution < 1.29 is 13.2 Å². The SMILES string of the molecule is FC(F)(F)c1n[nH]c(-c2[nH]c3c(Cl)c(Cl)ccc3c2-c2cn[nH]c2)n1. The van der Waals surface area contributed by atoms with E-state index in [1.54, 1.807) is 18.3 Å². The number of alkyl halides is 3. The lowest BCUT2D eigenvalue weighted by molar-refractivity contribution is -0.144. The molecular weight excluding hydrogens is 380 g/mol. The maximum Gasteiger partial charge on any atom is 0.453 e. The second-order valence-electron chi connectivity index (χ2n) is 5.15. The van der Waals surface area contributed by atoms with Gasteiger partial charge in [-0.3, -0.25) is 10.2 Å². The molecule has 6 nitrogen and oxygen atoms in total. The van der Waals surface area contributed by atoms with E-state index in [2.05, 4.69) is 30.4 Å². The Kier molecular flexibility index (Phi) is 3.51. The molecule has 3 N–H and O–H groups in total. The maximum absolute atomic E-state index is 12.8. The van der Waals surface area contributed by atoms with Gasteiger partial charge in [0.25, 0.3) is 5.82 Å². The zero-order valence-electron chi connectivity index (χ0n) is 12.0. The molecule has 0 unspecified atom stereocenters. The Morgan fingerprint density at radius 2 is 1.92 bits per heavy atom. The van der Waals surface area contributed by atoms with E-state index in [0.717, 1.165) is 0 Å². The highest BCUT2D eigenvalue weighted by Gasteiger charge is 2.36. The first-order valence-corrected chi connectivity index (χ1v) is 7.60. The fourth-order valence-electron chi connectivity index (χ4n) is 2.57. The molecule has 4 aromatic rings. The van der Waals surface area contributed by atoms with Crippen molar-refractivity contribution in [1.29, 1.82) is 0 Å². The molecule has 0 saturated carbocycles. The van der Waals surface area contributed by atoms with Gasteiger partial charge in [-0.25, -0.2) is 4.98 Å². The molecule has 0 fully saturated rings. The topological polar surface area (TPSA) is 86.0 Å². The molecule has 0 bridgehead atoms. The summed E-state index contributed by atoms with van der Waals surface area (Å²) in [6.07, 6.45) is -1.51. The van der Waals surface area contributed by atoms with Gasteiger partial charge in [-0.05, 0) is 6.07 Å². The van der Waals surface area contributed by atoms with Crippen LogP contribution in [0, 0.1) is 0 Å². The van der Waals surface area contributed by atoms with Gasteiger partial charge in [0.15, 0.2) is 5.82 Å². The van der Waals surface area contributed by atoms with E-state index in [0.29, 0.717) is 32.7 Å². The molecule has 3 heterocycles. The molecule has 0 radical (unpaired) electrons. The van der Waals surface area contributed by atoms with E-state index in [-0.39, 0.29) is 10.8 Å². The van der Waals surface area contributed by atoms with Gasteiger partial charge in [-0.2, -0.15) is 18.3 Å². The first-order valence-electron chi connectivity index (χ1n) is 6.85. The van der Waals surface area contributed by atoms with Crippen molar-refractivity contribution in [3.05, 3.63) is 40.4 Å². The summed E-state index contributed by atoms with van der Waals surface area (Å²) < 4.78 is 38.4. The summed E-state index contributed by atoms with van der Waals surface area (Å²) in [5.41, 5.74) is 1.99. The number of rotatable bonds is 2. The van der Waals surface area contributed by atoms with Crippen LogP contribution in [-0.4, -0.2) is 30.4 Å². The summed E-state index contributed by atoms with van der Waals surface area (Å²) in [5.74, 6) is -1.34. The maximum atomic E-state index is 12.8. The van der Waals surface area contributed by atoms with E-state index < -0.39 is 12.0 Å². The smallest absolute Gasteiger partial charge is 0.350 e. The normalized spacial score (nSPS) is 12.2. The standard InChI is InChI=1S/C14H7Cl2F3N6/c15-7-2-1-6-8(5-3-20-21-4-5)11(22-10(6)9(7)16)12-23-13(25-24-12)14(17,18)19/h1-4,22H,(H,20,21)(H,23,24,25). The molecule has 0 aliphatic carbocycles. The van der Waals surface area contributed by atoms with Crippen LogP contribution < -0.4 is 0 Å². The minimum Gasteiger partial charge on any atom is -0.350 e. The predicted octanol–water partition coefficient (Wildman–Crippen LogP) is 4.67. The van der Waals surface area contributed by atoms with Crippen molar-refractivity contribution in [2.24, 2.45) is 0 Å². The molecule has 25 heavy (non-hydrogen) atoms. The van der Waals surface area contributed by atoms with Crippen molar-refractivity contribution in [2.45, 2.75) is 6.18 Å². The molecule has 0 aliphatic heterocycles. The monoisotopic (exact) mass is 386 g/mol. The van der Waals surface area contributed by atoms with Crippen molar-refractivity contribution in [1.82, 2.24) is 30.4 Å². The van der Waals surface area contributed by atoms with Crippen molar-refractivity contribution in [3.63, 3.8) is 0 Å². The molecule has 0 atom stereocenters. The Bertz CT molecular complexity index is 1060. The van der Waals surface area contributed by atoms with E-state index in [1.165, 1.54) is 6.20 Å². The summed E-state index contributed by atoms with van der Waals surface area (Å²) in [6, 6.07) is 3.32. The van der Waals surface area contributed by atoms with Gasteiger partial charge in [0.1, 0.15) is 0 Å². The van der Waals surface area contributed by atoms with Crippen LogP contribution in [0.25, 0.3) is 33.5 Å². The number of fused-ring (bicyclic) bond motifs is 1. The van der Waals surface area contributed by atoms with Crippen LogP contribution in [0.4, 0.5) is 13.2 Å². The first kappa shape index (κ1) is 16.0. The molecule has 11 heteroatoms. The number of nitrogens with zero attached hydrogens (tertiary/aromatic N) is 3. The Morgan fingerprint density at radius 1 is 1.12 bits per heavy atom. The average molecular weight is 387 g/mol. The predicted molar refractivity (Wildman–Crippen MR) is 86.3 cm³/mol. The highest BCUT2D eigenvalue weighted by atomic mass is 35.5. The van der Waals surface area contributed by atoms with E-state index in [4.69, 9.17) is 23.2 Å². The number of H-pyrrole nitrogens is 3. The minimum atomic E-state index is -4.66. The van der Waals surface area contributed by atoms with Crippen LogP contribution in [0.1, 0.15) is 5.82 Å². The van der Waals surface area contributed by atoms with Crippen LogP contribution in [0.3, 0.4) is 0 Å². The van der Waals surface area contributed by atoms with E-state index in [9.17, 15) is 13.2 Å². The highest BCUT2D eigenvalue weighted by Crippen LogP contribution is 2.41. The highest BCUT2D eigenvalue weighted by molar-refractivity contribution is 6.45. The van der Waals surface area contributed by atoms with E-state index >= 15 is 0 Å². The third-order valence-corrected chi connectivity index (χ3v) is 4.43. The number of halogens is 5. The molecular formula is C14H7Cl2F3N6. The molecule has 0 saturated heterocycles. The fourth-order valence-corrected chi connectivity index (χ4v) is 2.94. The average Bonchev–Trinajstić information content (AvgIpc) is 3.27. The lowest BCUT2D eigenvalue weighted by atomic mass is 10.0. The van der Waals surface area contributed by atoms with Crippen LogP contribution in [0.15, 0.2) is 24.5 Å².